The van der Waals surface area contributed by atoms with Crippen molar-refractivity contribution in [2.45, 2.75) is 6.18 Å². The lowest BCUT2D eigenvalue weighted by molar-refractivity contribution is -0.137. The van der Waals surface area contributed by atoms with E-state index in [1.807, 2.05) is 24.3 Å². The van der Waals surface area contributed by atoms with Gasteiger partial charge in [-0.2, -0.15) is 28.9 Å². The van der Waals surface area contributed by atoms with Crippen LogP contribution in [0, 0.1) is 0 Å². The zero-order valence-electron chi connectivity index (χ0n) is 29.5. The molecule has 0 unspecified atom stereocenters. The van der Waals surface area contributed by atoms with E-state index in [0.29, 0.717) is 44.6 Å². The summed E-state index contributed by atoms with van der Waals surface area (Å²) in [5, 5.41) is 42.2. The molecule has 7 aromatic rings. The third kappa shape index (κ3) is 8.22. The lowest BCUT2D eigenvalue weighted by atomic mass is 10.0. The molecule has 0 saturated carbocycles. The number of alkyl halides is 3. The molecule has 3 N–H and O–H groups in total. The van der Waals surface area contributed by atoms with Gasteiger partial charge in [0.25, 0.3) is 0 Å². The van der Waals surface area contributed by atoms with Gasteiger partial charge in [0.1, 0.15) is 29.6 Å². The highest BCUT2D eigenvalue weighted by atomic mass is 19.4. The summed E-state index contributed by atoms with van der Waals surface area (Å²) in [7, 11) is 1.38. The van der Waals surface area contributed by atoms with Gasteiger partial charge in [-0.15, -0.1) is 10.2 Å². The summed E-state index contributed by atoms with van der Waals surface area (Å²) in [4.78, 5) is 23.8. The number of azo groups is 2. The van der Waals surface area contributed by atoms with Crippen LogP contribution in [0.3, 0.4) is 0 Å². The SMILES string of the molecule is CONCON(c1cccc(C(F)(F)F)c1)c1ccc2c(N=Nc3ccc(C(=O)c4ccc(N=Nc5c(O)ccc6ccccc56)cc4)cc3)c(O)ccc2c1. The summed E-state index contributed by atoms with van der Waals surface area (Å²) in [5.74, 6) is -0.365. The molecule has 7 rings (SSSR count). The quantitative estimate of drug-likeness (QED) is 0.0370. The molecule has 7 aromatic carbocycles. The van der Waals surface area contributed by atoms with Gasteiger partial charge in [0.05, 0.1) is 35.4 Å². The number of aromatic hydroxyl groups is 2. The maximum atomic E-state index is 13.5. The second-order valence-electron chi connectivity index (χ2n) is 12.3. The summed E-state index contributed by atoms with van der Waals surface area (Å²) in [6, 6.07) is 36.7. The average Bonchev–Trinajstić information content (AvgIpc) is 3.21. The molecule has 56 heavy (non-hydrogen) atoms. The number of hydroxylamine groups is 1. The molecule has 0 saturated heterocycles. The van der Waals surface area contributed by atoms with E-state index in [1.54, 1.807) is 84.9 Å². The largest absolute Gasteiger partial charge is 0.506 e. The van der Waals surface area contributed by atoms with E-state index >= 15 is 0 Å². The number of fused-ring (bicyclic) bond motifs is 2. The zero-order valence-corrected chi connectivity index (χ0v) is 29.5. The number of hydrogen-bond donors (Lipinski definition) is 3. The van der Waals surface area contributed by atoms with Crippen LogP contribution in [0.25, 0.3) is 21.5 Å². The van der Waals surface area contributed by atoms with Gasteiger partial charge in [-0.25, -0.2) is 5.06 Å². The van der Waals surface area contributed by atoms with Gasteiger partial charge in [-0.1, -0.05) is 42.5 Å². The molecule has 0 aliphatic carbocycles. The first-order valence-corrected chi connectivity index (χ1v) is 17.0. The Bertz CT molecular complexity index is 2600. The number of ketones is 1. The molecule has 0 atom stereocenters. The maximum absolute atomic E-state index is 13.5. The standard InChI is InChI=1S/C42H31F3N6O5/c1-55-46-25-56-51(33-7-4-6-30(24-33)42(43,44)45)34-19-20-36-29(23-34)14-22-38(53)40(36)50-48-32-17-11-28(12-18-32)41(54)27-9-15-31(16-10-27)47-49-39-35-8-3-2-5-26(35)13-21-37(39)52/h2-24,46,52-53H,25H2,1H3. The number of phenolic OH excluding ortho intramolecular Hbond substituents is 2. The molecule has 0 radical (unpaired) electrons. The van der Waals surface area contributed by atoms with Crippen molar-refractivity contribution in [2.75, 3.05) is 18.9 Å². The predicted octanol–water partition coefficient (Wildman–Crippen LogP) is 11.7. The normalized spacial score (nSPS) is 11.9. The Morgan fingerprint density at radius 3 is 1.82 bits per heavy atom. The Kier molecular flexibility index (Phi) is 10.8. The average molecular weight is 757 g/mol. The summed E-state index contributed by atoms with van der Waals surface area (Å²) >= 11 is 0. The smallest absolute Gasteiger partial charge is 0.416 e. The third-order valence-corrected chi connectivity index (χ3v) is 8.66. The van der Waals surface area contributed by atoms with Gasteiger partial charge in [0, 0.05) is 21.9 Å². The molecular weight excluding hydrogens is 725 g/mol. The number of hydrogen-bond acceptors (Lipinski definition) is 11. The minimum Gasteiger partial charge on any atom is -0.506 e. The van der Waals surface area contributed by atoms with Crippen molar-refractivity contribution in [3.05, 3.63) is 156 Å². The molecule has 0 heterocycles. The molecule has 0 bridgehead atoms. The van der Waals surface area contributed by atoms with Gasteiger partial charge in [0.2, 0.25) is 0 Å². The van der Waals surface area contributed by atoms with Crippen molar-refractivity contribution < 1.29 is 37.9 Å². The van der Waals surface area contributed by atoms with Crippen LogP contribution in [0.1, 0.15) is 21.5 Å². The minimum atomic E-state index is -4.56. The van der Waals surface area contributed by atoms with Crippen LogP contribution in [0.2, 0.25) is 0 Å². The Morgan fingerprint density at radius 1 is 0.643 bits per heavy atom. The summed E-state index contributed by atoms with van der Waals surface area (Å²) in [6.07, 6.45) is -4.56. The Morgan fingerprint density at radius 2 is 1.21 bits per heavy atom. The van der Waals surface area contributed by atoms with E-state index in [0.717, 1.165) is 22.9 Å². The van der Waals surface area contributed by atoms with Crippen molar-refractivity contribution >= 4 is 61.5 Å². The van der Waals surface area contributed by atoms with Crippen molar-refractivity contribution in [1.29, 1.82) is 0 Å². The number of rotatable bonds is 12. The van der Waals surface area contributed by atoms with Crippen LogP contribution < -0.4 is 10.5 Å². The first kappa shape index (κ1) is 37.3. The number of nitrogens with zero attached hydrogens (tertiary/aromatic N) is 5. The van der Waals surface area contributed by atoms with E-state index < -0.39 is 11.7 Å². The fourth-order valence-corrected chi connectivity index (χ4v) is 5.87. The van der Waals surface area contributed by atoms with Crippen LogP contribution in [0.5, 0.6) is 11.5 Å². The first-order valence-electron chi connectivity index (χ1n) is 17.0. The number of benzene rings is 7. The fourth-order valence-electron chi connectivity index (χ4n) is 5.87. The van der Waals surface area contributed by atoms with Gasteiger partial charge in [0.15, 0.2) is 5.78 Å². The minimum absolute atomic E-state index is 0.00928. The number of carbonyl (C=O) groups is 1. The third-order valence-electron chi connectivity index (χ3n) is 8.66. The van der Waals surface area contributed by atoms with E-state index in [9.17, 15) is 28.2 Å². The molecule has 0 aromatic heterocycles. The summed E-state index contributed by atoms with van der Waals surface area (Å²) < 4.78 is 40.5. The number of nitrogens with one attached hydrogen (secondary N) is 1. The molecule has 0 spiro atoms. The fraction of sp³-hybridized carbons (Fsp3) is 0.0714. The van der Waals surface area contributed by atoms with Crippen molar-refractivity contribution in [3.8, 4) is 11.5 Å². The highest BCUT2D eigenvalue weighted by Gasteiger charge is 2.31. The summed E-state index contributed by atoms with van der Waals surface area (Å²) in [5.41, 5.74) is 4.44. The Hall–Kier alpha value is -7.00. The van der Waals surface area contributed by atoms with Crippen LogP contribution in [0.4, 0.5) is 47.3 Å². The Balaban J connectivity index is 1.07. The Labute approximate surface area is 317 Å². The van der Waals surface area contributed by atoms with E-state index in [4.69, 9.17) is 9.68 Å². The zero-order chi connectivity index (χ0) is 39.2. The van der Waals surface area contributed by atoms with Crippen LogP contribution >= 0.6 is 0 Å². The van der Waals surface area contributed by atoms with E-state index in [-0.39, 0.29) is 35.4 Å². The van der Waals surface area contributed by atoms with Crippen molar-refractivity contribution in [2.24, 2.45) is 20.5 Å². The van der Waals surface area contributed by atoms with Crippen LogP contribution in [0.15, 0.2) is 160 Å². The van der Waals surface area contributed by atoms with E-state index in [1.165, 1.54) is 30.4 Å². The number of phenols is 2. The van der Waals surface area contributed by atoms with Gasteiger partial charge in [-0.05, 0) is 108 Å². The van der Waals surface area contributed by atoms with Crippen LogP contribution in [-0.2, 0) is 15.9 Å². The second-order valence-corrected chi connectivity index (χ2v) is 12.3. The van der Waals surface area contributed by atoms with Gasteiger partial charge in [-0.3, -0.25) is 9.63 Å². The number of carbonyl (C=O) groups excluding carboxylic acids is 1. The van der Waals surface area contributed by atoms with Gasteiger partial charge < -0.3 is 15.1 Å². The number of halogens is 3. The van der Waals surface area contributed by atoms with Gasteiger partial charge >= 0.3 is 6.18 Å². The van der Waals surface area contributed by atoms with Crippen LogP contribution in [-0.4, -0.2) is 29.8 Å². The van der Waals surface area contributed by atoms with E-state index in [2.05, 4.69) is 25.9 Å². The molecule has 0 amide bonds. The molecule has 280 valence electrons. The monoisotopic (exact) mass is 756 g/mol. The summed E-state index contributed by atoms with van der Waals surface area (Å²) in [6.45, 7) is -0.177. The first-order chi connectivity index (χ1) is 27.1. The highest BCUT2D eigenvalue weighted by Crippen LogP contribution is 2.40. The lowest BCUT2D eigenvalue weighted by Crippen LogP contribution is -2.26. The second kappa shape index (κ2) is 16.2. The topological polar surface area (TPSA) is 141 Å². The molecule has 14 heteroatoms. The van der Waals surface area contributed by atoms with Crippen molar-refractivity contribution in [3.63, 3.8) is 0 Å². The molecular formula is C42H31F3N6O5. The molecule has 0 fully saturated rings. The number of anilines is 2. The molecule has 11 nitrogen and oxygen atoms in total. The maximum Gasteiger partial charge on any atom is 0.416 e. The lowest BCUT2D eigenvalue weighted by Gasteiger charge is -2.25. The predicted molar refractivity (Wildman–Crippen MR) is 206 cm³/mol. The molecule has 0 aliphatic rings. The molecule has 0 aliphatic heterocycles. The highest BCUT2D eigenvalue weighted by molar-refractivity contribution is 6.09. The van der Waals surface area contributed by atoms with Crippen molar-refractivity contribution in [1.82, 2.24) is 5.48 Å².